The summed E-state index contributed by atoms with van der Waals surface area (Å²) in [5.74, 6) is -0.147. The summed E-state index contributed by atoms with van der Waals surface area (Å²) in [6.07, 6.45) is -2.85. The molecule has 1 aromatic heterocycles. The molecule has 10 nitrogen and oxygen atoms in total. The lowest BCUT2D eigenvalue weighted by molar-refractivity contribution is -0.0771. The minimum absolute atomic E-state index is 0.0948. The number of anilines is 1. The van der Waals surface area contributed by atoms with Crippen molar-refractivity contribution < 1.29 is 14.9 Å². The van der Waals surface area contributed by atoms with Crippen LogP contribution in [0.25, 0.3) is 10.4 Å². The highest BCUT2D eigenvalue weighted by molar-refractivity contribution is 5.39. The van der Waals surface area contributed by atoms with Gasteiger partial charge in [-0.3, -0.25) is 0 Å². The van der Waals surface area contributed by atoms with Gasteiger partial charge in [-0.25, -0.2) is 4.79 Å². The Morgan fingerprint density at radius 2 is 2.40 bits per heavy atom. The summed E-state index contributed by atoms with van der Waals surface area (Å²) in [6, 6.07) is 0. The second-order valence-corrected chi connectivity index (χ2v) is 4.30. The Labute approximate surface area is 112 Å². The van der Waals surface area contributed by atoms with Gasteiger partial charge < -0.3 is 25.7 Å². The molecular formula is C10H13N6O4. The summed E-state index contributed by atoms with van der Waals surface area (Å²) in [5, 5.41) is 23.4. The molecule has 20 heavy (non-hydrogen) atoms. The highest BCUT2D eigenvalue weighted by Gasteiger charge is 2.53. The molecule has 10 heteroatoms. The van der Waals surface area contributed by atoms with Crippen molar-refractivity contribution in [2.45, 2.75) is 30.5 Å². The zero-order chi connectivity index (χ0) is 14.9. The fourth-order valence-corrected chi connectivity index (χ4v) is 2.10. The van der Waals surface area contributed by atoms with E-state index in [-0.39, 0.29) is 17.8 Å². The molecule has 5 N–H and O–H groups in total. The molecule has 2 rings (SSSR count). The standard InChI is InChI=1S/C10H13N6O4/c1-2-10(15-16-12)7(18)5(17)6(20-10)4-3-13-9(19)14-8(4)11/h3,5-7,17-18H,1-2H2,(H3,11,13,14,19)/t5-,6+,7-,10+/m0/s1. The van der Waals surface area contributed by atoms with Crippen LogP contribution in [-0.2, 0) is 4.74 Å². The van der Waals surface area contributed by atoms with E-state index in [1.54, 1.807) is 0 Å². The van der Waals surface area contributed by atoms with Crippen LogP contribution in [0, 0.1) is 6.92 Å². The maximum Gasteiger partial charge on any atom is 0.346 e. The van der Waals surface area contributed by atoms with Crippen LogP contribution in [0.15, 0.2) is 16.1 Å². The van der Waals surface area contributed by atoms with Crippen molar-refractivity contribution in [3.63, 3.8) is 0 Å². The van der Waals surface area contributed by atoms with Crippen molar-refractivity contribution in [2.75, 3.05) is 5.73 Å². The summed E-state index contributed by atoms with van der Waals surface area (Å²) < 4.78 is 5.44. The number of nitrogen functional groups attached to an aromatic ring is 1. The molecule has 2 heterocycles. The van der Waals surface area contributed by atoms with Gasteiger partial charge in [0.25, 0.3) is 0 Å². The van der Waals surface area contributed by atoms with Gasteiger partial charge in [0.2, 0.25) is 0 Å². The SMILES string of the molecule is [CH2]C[C@@]1(N=[N+]=[N-])O[C@H](c2c[nH]c(=O)nc2N)[C@H](O)[C@@H]1O. The zero-order valence-corrected chi connectivity index (χ0v) is 10.3. The first-order valence-corrected chi connectivity index (χ1v) is 5.69. The number of azide groups is 1. The number of aliphatic hydroxyl groups excluding tert-OH is 2. The van der Waals surface area contributed by atoms with E-state index in [0.29, 0.717) is 0 Å². The zero-order valence-electron chi connectivity index (χ0n) is 10.3. The van der Waals surface area contributed by atoms with Gasteiger partial charge in [-0.05, 0) is 12.0 Å². The minimum Gasteiger partial charge on any atom is -0.387 e. The number of rotatable bonds is 3. The van der Waals surface area contributed by atoms with Crippen LogP contribution in [0.5, 0.6) is 0 Å². The lowest BCUT2D eigenvalue weighted by Gasteiger charge is -2.24. The first kappa shape index (κ1) is 14.3. The monoisotopic (exact) mass is 281 g/mol. The largest absolute Gasteiger partial charge is 0.387 e. The second kappa shape index (κ2) is 5.10. The van der Waals surface area contributed by atoms with Crippen molar-refractivity contribution in [2.24, 2.45) is 5.11 Å². The Kier molecular flexibility index (Phi) is 3.64. The maximum atomic E-state index is 11.0. The van der Waals surface area contributed by atoms with Crippen LogP contribution in [0.1, 0.15) is 18.1 Å². The Morgan fingerprint density at radius 1 is 1.70 bits per heavy atom. The molecule has 0 spiro atoms. The number of hydrogen-bond acceptors (Lipinski definition) is 7. The molecule has 1 aliphatic rings. The lowest BCUT2D eigenvalue weighted by atomic mass is 9.99. The number of aromatic amines is 1. The van der Waals surface area contributed by atoms with E-state index < -0.39 is 29.7 Å². The first-order valence-electron chi connectivity index (χ1n) is 5.69. The van der Waals surface area contributed by atoms with Gasteiger partial charge in [-0.15, -0.1) is 0 Å². The Bertz CT molecular complexity index is 612. The number of aromatic nitrogens is 2. The minimum atomic E-state index is -1.69. The average molecular weight is 281 g/mol. The normalized spacial score (nSPS) is 32.9. The predicted molar refractivity (Wildman–Crippen MR) is 67.0 cm³/mol. The fraction of sp³-hybridized carbons (Fsp3) is 0.500. The van der Waals surface area contributed by atoms with Crippen molar-refractivity contribution in [3.8, 4) is 0 Å². The van der Waals surface area contributed by atoms with Crippen LogP contribution in [0.2, 0.25) is 0 Å². The molecule has 107 valence electrons. The van der Waals surface area contributed by atoms with Gasteiger partial charge in [-0.2, -0.15) is 4.98 Å². The highest BCUT2D eigenvalue weighted by Crippen LogP contribution is 2.43. The molecule has 0 aliphatic carbocycles. The van der Waals surface area contributed by atoms with Gasteiger partial charge in [0.15, 0.2) is 5.72 Å². The molecule has 0 saturated carbocycles. The average Bonchev–Trinajstić information content (AvgIpc) is 2.65. The van der Waals surface area contributed by atoms with E-state index in [2.05, 4.69) is 26.9 Å². The van der Waals surface area contributed by atoms with E-state index in [1.165, 1.54) is 6.20 Å². The van der Waals surface area contributed by atoms with Gasteiger partial charge in [0.1, 0.15) is 24.1 Å². The molecule has 0 aromatic carbocycles. The molecule has 0 amide bonds. The molecular weight excluding hydrogens is 268 g/mol. The molecule has 1 aromatic rings. The molecule has 4 atom stereocenters. The fourth-order valence-electron chi connectivity index (χ4n) is 2.10. The van der Waals surface area contributed by atoms with Crippen LogP contribution >= 0.6 is 0 Å². The summed E-state index contributed by atoms with van der Waals surface area (Å²) >= 11 is 0. The van der Waals surface area contributed by atoms with Gasteiger partial charge in [0, 0.05) is 16.7 Å². The molecule has 0 unspecified atom stereocenters. The van der Waals surface area contributed by atoms with Crippen LogP contribution < -0.4 is 11.4 Å². The van der Waals surface area contributed by atoms with E-state index in [0.717, 1.165) is 0 Å². The third-order valence-electron chi connectivity index (χ3n) is 3.17. The molecule has 1 aliphatic heterocycles. The van der Waals surface area contributed by atoms with Gasteiger partial charge >= 0.3 is 5.69 Å². The topological polar surface area (TPSA) is 170 Å². The molecule has 1 radical (unpaired) electrons. The van der Waals surface area contributed by atoms with E-state index in [1.807, 2.05) is 0 Å². The molecule has 1 saturated heterocycles. The van der Waals surface area contributed by atoms with E-state index >= 15 is 0 Å². The summed E-state index contributed by atoms with van der Waals surface area (Å²) in [4.78, 5) is 19.4. The van der Waals surface area contributed by atoms with Crippen LogP contribution in [0.4, 0.5) is 5.82 Å². The van der Waals surface area contributed by atoms with Crippen molar-refractivity contribution in [1.82, 2.24) is 9.97 Å². The molecule has 1 fully saturated rings. The van der Waals surface area contributed by atoms with Crippen LogP contribution in [-0.4, -0.2) is 38.1 Å². The van der Waals surface area contributed by atoms with E-state index in [9.17, 15) is 15.0 Å². The number of nitrogens with zero attached hydrogens (tertiary/aromatic N) is 4. The predicted octanol–water partition coefficient (Wildman–Crippen LogP) is -0.624. The third-order valence-corrected chi connectivity index (χ3v) is 3.17. The summed E-state index contributed by atoms with van der Waals surface area (Å²) in [7, 11) is 0. The number of ether oxygens (including phenoxy) is 1. The first-order chi connectivity index (χ1) is 9.45. The quantitative estimate of drug-likeness (QED) is 0.326. The van der Waals surface area contributed by atoms with Crippen molar-refractivity contribution in [1.29, 1.82) is 0 Å². The summed E-state index contributed by atoms with van der Waals surface area (Å²) in [6.45, 7) is 3.54. The Hall–Kier alpha value is -2.13. The number of aliphatic hydroxyl groups is 2. The number of hydrogen-bond donors (Lipinski definition) is 4. The number of nitrogens with one attached hydrogen (secondary N) is 1. The third kappa shape index (κ3) is 2.10. The summed E-state index contributed by atoms with van der Waals surface area (Å²) in [5.41, 5.74) is 12.0. The van der Waals surface area contributed by atoms with Crippen LogP contribution in [0.3, 0.4) is 0 Å². The van der Waals surface area contributed by atoms with E-state index in [4.69, 9.17) is 16.0 Å². The Morgan fingerprint density at radius 3 is 2.95 bits per heavy atom. The highest BCUT2D eigenvalue weighted by atomic mass is 16.6. The number of nitrogens with two attached hydrogens (primary N) is 1. The van der Waals surface area contributed by atoms with Crippen molar-refractivity contribution in [3.05, 3.63) is 39.6 Å². The maximum absolute atomic E-state index is 11.0. The van der Waals surface area contributed by atoms with Crippen molar-refractivity contribution >= 4 is 5.82 Å². The molecule has 0 bridgehead atoms. The van der Waals surface area contributed by atoms with Gasteiger partial charge in [-0.1, -0.05) is 12.0 Å². The lowest BCUT2D eigenvalue weighted by Crippen LogP contribution is -2.40. The Balaban J connectivity index is 2.44. The van der Waals surface area contributed by atoms with Gasteiger partial charge in [0.05, 0.1) is 0 Å². The second-order valence-electron chi connectivity index (χ2n) is 4.30. The smallest absolute Gasteiger partial charge is 0.346 e. The number of H-pyrrole nitrogens is 1.